The fraction of sp³-hybridized carbons (Fsp3) is 0.429. The number of hydrogen-bond donors (Lipinski definition) is 1. The van der Waals surface area contributed by atoms with Crippen molar-refractivity contribution < 1.29 is 27.5 Å². The number of carbonyl (C=O) groups excluding carboxylic acids is 2. The van der Waals surface area contributed by atoms with Crippen molar-refractivity contribution in [2.45, 2.75) is 76.9 Å². The number of fused-ring (bicyclic) bond motifs is 1. The first kappa shape index (κ1) is 32.3. The van der Waals surface area contributed by atoms with Crippen LogP contribution < -0.4 is 19.1 Å². The summed E-state index contributed by atoms with van der Waals surface area (Å²) >= 11 is 0. The number of hydrogen-bond acceptors (Lipinski definition) is 6. The molecule has 3 aromatic carbocycles. The molecule has 0 aromatic heterocycles. The average molecular weight is 634 g/mol. The summed E-state index contributed by atoms with van der Waals surface area (Å²) in [5, 5.41) is 3.26. The molecule has 240 valence electrons. The minimum atomic E-state index is -3.65. The number of rotatable bonds is 13. The van der Waals surface area contributed by atoms with Crippen LogP contribution in [0.4, 0.5) is 5.69 Å². The molecule has 2 amide bonds. The molecule has 1 fully saturated rings. The molecule has 0 unspecified atom stereocenters. The van der Waals surface area contributed by atoms with Crippen LogP contribution in [0.2, 0.25) is 0 Å². The maximum absolute atomic E-state index is 14.1. The lowest BCUT2D eigenvalue weighted by atomic mass is 9.94. The third-order valence-corrected chi connectivity index (χ3v) is 9.69. The van der Waals surface area contributed by atoms with Crippen molar-refractivity contribution in [3.63, 3.8) is 0 Å². The van der Waals surface area contributed by atoms with Gasteiger partial charge in [-0.1, -0.05) is 79.4 Å². The first-order valence-corrected chi connectivity index (χ1v) is 17.6. The zero-order valence-electron chi connectivity index (χ0n) is 26.1. The molecule has 1 aliphatic heterocycles. The van der Waals surface area contributed by atoms with Gasteiger partial charge < -0.3 is 19.7 Å². The smallest absolute Gasteiger partial charge is 0.243 e. The largest absolute Gasteiger partial charge is 0.454 e. The molecule has 0 bridgehead atoms. The number of nitrogens with one attached hydrogen (secondary N) is 1. The van der Waals surface area contributed by atoms with Crippen molar-refractivity contribution in [1.82, 2.24) is 10.2 Å². The van der Waals surface area contributed by atoms with Crippen LogP contribution in [-0.2, 0) is 32.6 Å². The van der Waals surface area contributed by atoms with E-state index in [-0.39, 0.29) is 50.6 Å². The molecular formula is C35H43N3O6S. The summed E-state index contributed by atoms with van der Waals surface area (Å²) < 4.78 is 37.7. The van der Waals surface area contributed by atoms with Gasteiger partial charge in [0.1, 0.15) is 6.04 Å². The number of ether oxygens (including phenoxy) is 2. The van der Waals surface area contributed by atoms with Gasteiger partial charge in [-0.15, -0.1) is 0 Å². The lowest BCUT2D eigenvalue weighted by molar-refractivity contribution is -0.141. The van der Waals surface area contributed by atoms with E-state index in [1.54, 1.807) is 23.1 Å². The molecule has 5 rings (SSSR count). The molecule has 2 aliphatic rings. The highest BCUT2D eigenvalue weighted by molar-refractivity contribution is 7.92. The standard InChI is InChI=1S/C35H43N3O6S/c1-26-15-17-28(18-16-26)24-37(31(22-27-10-5-3-6-11-27)35(40)36-29-12-7-4-8-13-29)34(39)14-9-21-38(45(2,41)42)30-19-20-32-33(23-30)44-25-43-32/h3,5-6,10-11,15-20,23,29,31H,4,7-9,12-14,21-22,24-25H2,1-2H3,(H,36,40)/t31-/m0/s1. The van der Waals surface area contributed by atoms with Crippen LogP contribution in [0.5, 0.6) is 11.5 Å². The summed E-state index contributed by atoms with van der Waals surface area (Å²) in [5.74, 6) is 0.693. The topological polar surface area (TPSA) is 105 Å². The Kier molecular flexibility index (Phi) is 10.7. The second-order valence-corrected chi connectivity index (χ2v) is 13.9. The molecule has 0 radical (unpaired) electrons. The summed E-state index contributed by atoms with van der Waals surface area (Å²) in [7, 11) is -3.65. The fourth-order valence-corrected chi connectivity index (χ4v) is 6.99. The molecule has 3 aromatic rings. The molecule has 0 saturated heterocycles. The molecule has 1 atom stereocenters. The molecule has 0 spiro atoms. The number of sulfonamides is 1. The van der Waals surface area contributed by atoms with E-state index in [9.17, 15) is 18.0 Å². The van der Waals surface area contributed by atoms with Crippen LogP contribution in [0.25, 0.3) is 0 Å². The van der Waals surface area contributed by atoms with Crippen molar-refractivity contribution in [3.8, 4) is 11.5 Å². The highest BCUT2D eigenvalue weighted by Crippen LogP contribution is 2.36. The number of amides is 2. The molecule has 1 heterocycles. The average Bonchev–Trinajstić information content (AvgIpc) is 3.50. The van der Waals surface area contributed by atoms with E-state index < -0.39 is 16.1 Å². The lowest BCUT2D eigenvalue weighted by Crippen LogP contribution is -2.52. The predicted molar refractivity (Wildman–Crippen MR) is 175 cm³/mol. The molecule has 45 heavy (non-hydrogen) atoms. The van der Waals surface area contributed by atoms with Gasteiger partial charge in [0.05, 0.1) is 11.9 Å². The molecule has 1 N–H and O–H groups in total. The van der Waals surface area contributed by atoms with E-state index >= 15 is 0 Å². The van der Waals surface area contributed by atoms with E-state index in [1.807, 2.05) is 61.5 Å². The first-order chi connectivity index (χ1) is 21.7. The maximum atomic E-state index is 14.1. The van der Waals surface area contributed by atoms with E-state index in [0.29, 0.717) is 23.6 Å². The minimum Gasteiger partial charge on any atom is -0.454 e. The van der Waals surface area contributed by atoms with Gasteiger partial charge in [0.2, 0.25) is 28.6 Å². The SMILES string of the molecule is Cc1ccc(CN(C(=O)CCCN(c2ccc3c(c2)OCO3)S(C)(=O)=O)[C@@H](Cc2ccccc2)C(=O)NC2CCCCC2)cc1. The Labute approximate surface area is 266 Å². The Morgan fingerprint density at radius 2 is 1.62 bits per heavy atom. The number of aryl methyl sites for hydroxylation is 1. The third-order valence-electron chi connectivity index (χ3n) is 8.49. The lowest BCUT2D eigenvalue weighted by Gasteiger charge is -2.34. The van der Waals surface area contributed by atoms with Gasteiger partial charge in [0.15, 0.2) is 11.5 Å². The Balaban J connectivity index is 1.37. The zero-order chi connectivity index (χ0) is 31.8. The first-order valence-electron chi connectivity index (χ1n) is 15.7. The quantitative estimate of drug-likeness (QED) is 0.272. The van der Waals surface area contributed by atoms with E-state index in [4.69, 9.17) is 9.47 Å². The fourth-order valence-electron chi connectivity index (χ4n) is 6.03. The summed E-state index contributed by atoms with van der Waals surface area (Å²) in [6.07, 6.45) is 7.10. The number of nitrogens with zero attached hydrogens (tertiary/aromatic N) is 2. The van der Waals surface area contributed by atoms with Gasteiger partial charge >= 0.3 is 0 Å². The zero-order valence-corrected chi connectivity index (χ0v) is 26.9. The molecule has 9 nitrogen and oxygen atoms in total. The maximum Gasteiger partial charge on any atom is 0.243 e. The Morgan fingerprint density at radius 1 is 0.911 bits per heavy atom. The van der Waals surface area contributed by atoms with Crippen LogP contribution in [0.15, 0.2) is 72.8 Å². The second kappa shape index (κ2) is 14.8. The second-order valence-electron chi connectivity index (χ2n) is 12.0. The molecule has 1 saturated carbocycles. The molecule has 1 aliphatic carbocycles. The summed E-state index contributed by atoms with van der Waals surface area (Å²) in [5.41, 5.74) is 3.45. The monoisotopic (exact) mass is 633 g/mol. The van der Waals surface area contributed by atoms with Crippen molar-refractivity contribution in [2.24, 2.45) is 0 Å². The summed E-state index contributed by atoms with van der Waals surface area (Å²) in [6.45, 7) is 2.46. The van der Waals surface area contributed by atoms with Gasteiger partial charge in [-0.2, -0.15) is 0 Å². The van der Waals surface area contributed by atoms with Crippen molar-refractivity contribution in [2.75, 3.05) is 23.9 Å². The minimum absolute atomic E-state index is 0.0738. The van der Waals surface area contributed by atoms with Crippen molar-refractivity contribution >= 4 is 27.5 Å². The highest BCUT2D eigenvalue weighted by Gasteiger charge is 2.32. The van der Waals surface area contributed by atoms with Crippen molar-refractivity contribution in [1.29, 1.82) is 0 Å². The van der Waals surface area contributed by atoms with Gasteiger partial charge in [0, 0.05) is 38.0 Å². The van der Waals surface area contributed by atoms with Crippen LogP contribution >= 0.6 is 0 Å². The van der Waals surface area contributed by atoms with E-state index in [0.717, 1.165) is 48.6 Å². The van der Waals surface area contributed by atoms with Crippen LogP contribution in [-0.4, -0.2) is 56.8 Å². The summed E-state index contributed by atoms with van der Waals surface area (Å²) in [4.78, 5) is 29.8. The molecular weight excluding hydrogens is 590 g/mol. The Hall–Kier alpha value is -4.05. The summed E-state index contributed by atoms with van der Waals surface area (Å²) in [6, 6.07) is 22.1. The Morgan fingerprint density at radius 3 is 2.33 bits per heavy atom. The van der Waals surface area contributed by atoms with Gasteiger partial charge in [-0.25, -0.2) is 8.42 Å². The van der Waals surface area contributed by atoms with Gasteiger partial charge in [0.25, 0.3) is 0 Å². The van der Waals surface area contributed by atoms with Crippen molar-refractivity contribution in [3.05, 3.63) is 89.5 Å². The van der Waals surface area contributed by atoms with Gasteiger partial charge in [-0.05, 0) is 49.4 Å². The normalized spacial score (nSPS) is 15.3. The number of carbonyl (C=O) groups is 2. The predicted octanol–water partition coefficient (Wildman–Crippen LogP) is 5.36. The molecule has 10 heteroatoms. The van der Waals surface area contributed by atoms with E-state index in [1.165, 1.54) is 10.7 Å². The number of anilines is 1. The van der Waals surface area contributed by atoms with Crippen LogP contribution in [0.1, 0.15) is 61.6 Å². The van der Waals surface area contributed by atoms with Gasteiger partial charge in [-0.3, -0.25) is 13.9 Å². The van der Waals surface area contributed by atoms with E-state index in [2.05, 4.69) is 5.32 Å². The Bertz CT molecular complexity index is 1560. The third kappa shape index (κ3) is 8.78. The highest BCUT2D eigenvalue weighted by atomic mass is 32.2. The number of benzene rings is 3. The van der Waals surface area contributed by atoms with Crippen LogP contribution in [0.3, 0.4) is 0 Å². The van der Waals surface area contributed by atoms with Crippen LogP contribution in [0, 0.1) is 6.92 Å².